The van der Waals surface area contributed by atoms with Gasteiger partial charge in [-0.25, -0.2) is 8.78 Å². The molecule has 1 unspecified atom stereocenters. The average Bonchev–Trinajstić information content (AvgIpc) is 1.82. The van der Waals surface area contributed by atoms with Crippen LogP contribution in [0.1, 0.15) is 0 Å². The van der Waals surface area contributed by atoms with Crippen LogP contribution >= 0.6 is 0 Å². The van der Waals surface area contributed by atoms with E-state index in [4.69, 9.17) is 0 Å². The molecule has 0 rings (SSSR count). The molecule has 0 aromatic carbocycles. The molecule has 14 heavy (non-hydrogen) atoms. The minimum absolute atomic E-state index is 0. The maximum atomic E-state index is 12.2. The van der Waals surface area contributed by atoms with Crippen LogP contribution in [0.2, 0.25) is 0 Å². The van der Waals surface area contributed by atoms with E-state index in [1.54, 1.807) is 0 Å². The van der Waals surface area contributed by atoms with E-state index in [2.05, 4.69) is 4.65 Å². The Morgan fingerprint density at radius 2 is 1.43 bits per heavy atom. The second-order valence-electron chi connectivity index (χ2n) is 1.85. The maximum absolute atomic E-state index is 12.2. The molecule has 78 valence electrons. The second kappa shape index (κ2) is 5.40. The standard InChI is InChI=1S/C3HBF6O3.Mg/c5-1(6)2(7,3(8,9)10)13-4(11)12;/h1H;/q-2;+2. The quantitative estimate of drug-likeness (QED) is 0.456. The Morgan fingerprint density at radius 1 is 1.07 bits per heavy atom. The zero-order chi connectivity index (χ0) is 10.9. The summed E-state index contributed by atoms with van der Waals surface area (Å²) in [7, 11) is -3.78. The van der Waals surface area contributed by atoms with Crippen molar-refractivity contribution in [2.45, 2.75) is 18.5 Å². The third-order valence-electron chi connectivity index (χ3n) is 0.935. The smallest absolute Gasteiger partial charge is 0.871 e. The van der Waals surface area contributed by atoms with E-state index in [9.17, 15) is 36.4 Å². The number of rotatable bonds is 3. The molecule has 0 spiro atoms. The largest absolute Gasteiger partial charge is 2.00 e. The minimum Gasteiger partial charge on any atom is -0.871 e. The number of hydrogen-bond acceptors (Lipinski definition) is 3. The van der Waals surface area contributed by atoms with Crippen LogP contribution in [-0.4, -0.2) is 48.8 Å². The molecule has 0 N–H and O–H groups in total. The molecular weight excluding hydrogens is 233 g/mol. The Kier molecular flexibility index (Phi) is 6.44. The molecule has 0 bridgehead atoms. The van der Waals surface area contributed by atoms with Crippen molar-refractivity contribution in [2.75, 3.05) is 0 Å². The van der Waals surface area contributed by atoms with E-state index in [1.165, 1.54) is 0 Å². The normalized spacial score (nSPS) is 16.1. The van der Waals surface area contributed by atoms with E-state index in [0.717, 1.165) is 0 Å². The van der Waals surface area contributed by atoms with Crippen molar-refractivity contribution < 1.29 is 41.0 Å². The van der Waals surface area contributed by atoms with Gasteiger partial charge in [0, 0.05) is 0 Å². The number of halogens is 6. The molecule has 0 amide bonds. The summed E-state index contributed by atoms with van der Waals surface area (Å²) in [5, 5.41) is 18.9. The van der Waals surface area contributed by atoms with Gasteiger partial charge in [0.05, 0.1) is 7.32 Å². The van der Waals surface area contributed by atoms with E-state index in [0.29, 0.717) is 0 Å². The summed E-state index contributed by atoms with van der Waals surface area (Å²) in [5.74, 6) is -5.50. The Morgan fingerprint density at radius 3 is 1.50 bits per heavy atom. The molecule has 0 aliphatic carbocycles. The van der Waals surface area contributed by atoms with Crippen LogP contribution in [0.15, 0.2) is 0 Å². The van der Waals surface area contributed by atoms with Gasteiger partial charge in [-0.2, -0.15) is 17.6 Å². The maximum Gasteiger partial charge on any atom is 2.00 e. The molecule has 0 saturated carbocycles. The van der Waals surface area contributed by atoms with E-state index < -0.39 is 25.8 Å². The minimum atomic E-state index is -6.13. The van der Waals surface area contributed by atoms with Gasteiger partial charge in [-0.15, -0.1) is 0 Å². The first-order valence-corrected chi connectivity index (χ1v) is 2.64. The van der Waals surface area contributed by atoms with Gasteiger partial charge in [-0.3, -0.25) is 0 Å². The van der Waals surface area contributed by atoms with Crippen LogP contribution in [0.4, 0.5) is 26.3 Å². The number of hydrogen-bond donors (Lipinski definition) is 0. The zero-order valence-corrected chi connectivity index (χ0v) is 7.77. The van der Waals surface area contributed by atoms with E-state index in [-0.39, 0.29) is 23.1 Å². The predicted molar refractivity (Wildman–Crippen MR) is 28.5 cm³/mol. The van der Waals surface area contributed by atoms with Crippen LogP contribution in [-0.2, 0) is 4.65 Å². The molecule has 0 heterocycles. The van der Waals surface area contributed by atoms with Gasteiger partial charge in [-0.05, 0) is 0 Å². The molecule has 1 atom stereocenters. The first-order chi connectivity index (χ1) is 5.61. The Labute approximate surface area is 90.4 Å². The fraction of sp³-hybridized carbons (Fsp3) is 1.00. The van der Waals surface area contributed by atoms with E-state index >= 15 is 0 Å². The van der Waals surface area contributed by atoms with Gasteiger partial charge >= 0.3 is 41.5 Å². The molecule has 0 aliphatic heterocycles. The van der Waals surface area contributed by atoms with Crippen molar-refractivity contribution in [3.63, 3.8) is 0 Å². The van der Waals surface area contributed by atoms with Gasteiger partial charge in [0.25, 0.3) is 0 Å². The third-order valence-corrected chi connectivity index (χ3v) is 0.935. The van der Waals surface area contributed by atoms with Gasteiger partial charge < -0.3 is 14.7 Å². The van der Waals surface area contributed by atoms with Gasteiger partial charge in [0.1, 0.15) is 0 Å². The topological polar surface area (TPSA) is 55.3 Å². The van der Waals surface area contributed by atoms with Crippen molar-refractivity contribution in [3.8, 4) is 0 Å². The monoisotopic (exact) mass is 234 g/mol. The Hall–Kier alpha value is 0.291. The summed E-state index contributed by atoms with van der Waals surface area (Å²) >= 11 is 0. The van der Waals surface area contributed by atoms with E-state index in [1.807, 2.05) is 0 Å². The summed E-state index contributed by atoms with van der Waals surface area (Å²) in [5.41, 5.74) is 0. The summed E-state index contributed by atoms with van der Waals surface area (Å²) in [6.07, 6.45) is -10.8. The Balaban J connectivity index is 0. The summed E-state index contributed by atoms with van der Waals surface area (Å²) in [6.45, 7) is 0. The van der Waals surface area contributed by atoms with Gasteiger partial charge in [0.15, 0.2) is 0 Å². The first-order valence-electron chi connectivity index (χ1n) is 2.64. The predicted octanol–water partition coefficient (Wildman–Crippen LogP) is -1.18. The molecule has 0 aliphatic rings. The van der Waals surface area contributed by atoms with Crippen molar-refractivity contribution in [1.82, 2.24) is 0 Å². The van der Waals surface area contributed by atoms with Crippen LogP contribution in [0.5, 0.6) is 0 Å². The molecule has 11 heteroatoms. The van der Waals surface area contributed by atoms with Gasteiger partial charge in [-0.1, -0.05) is 0 Å². The molecule has 3 nitrogen and oxygen atoms in total. The fourth-order valence-electron chi connectivity index (χ4n) is 0.382. The molecule has 0 aromatic rings. The fourth-order valence-corrected chi connectivity index (χ4v) is 0.382. The zero-order valence-electron chi connectivity index (χ0n) is 6.35. The molecule has 0 fully saturated rings. The number of alkyl halides is 6. The van der Waals surface area contributed by atoms with Crippen LogP contribution < -0.4 is 10.0 Å². The van der Waals surface area contributed by atoms with Crippen LogP contribution in [0, 0.1) is 0 Å². The van der Waals surface area contributed by atoms with Crippen molar-refractivity contribution in [3.05, 3.63) is 0 Å². The summed E-state index contributed by atoms with van der Waals surface area (Å²) in [4.78, 5) is 0. The summed E-state index contributed by atoms with van der Waals surface area (Å²) in [6, 6.07) is 0. The summed E-state index contributed by atoms with van der Waals surface area (Å²) < 4.78 is 71.8. The van der Waals surface area contributed by atoms with Crippen LogP contribution in [0.25, 0.3) is 0 Å². The van der Waals surface area contributed by atoms with Gasteiger partial charge in [0.2, 0.25) is 0 Å². The van der Waals surface area contributed by atoms with Crippen LogP contribution in [0.3, 0.4) is 0 Å². The third kappa shape index (κ3) is 3.81. The first kappa shape index (κ1) is 16.7. The average molecular weight is 234 g/mol. The van der Waals surface area contributed by atoms with Crippen molar-refractivity contribution in [1.29, 1.82) is 0 Å². The molecule has 0 radical (unpaired) electrons. The molecule has 0 saturated heterocycles. The molecule has 0 aromatic heterocycles. The SMILES string of the molecule is [Mg+2].[O-]B([O-])OC(F)(C(F)F)C(F)(F)F. The Bertz CT molecular complexity index is 176. The molecular formula is C3HBF6MgO3. The van der Waals surface area contributed by atoms with Crippen molar-refractivity contribution in [2.24, 2.45) is 0 Å². The van der Waals surface area contributed by atoms with Crippen molar-refractivity contribution >= 4 is 30.4 Å². The second-order valence-corrected chi connectivity index (χ2v) is 1.85.